The number of nitrogens with two attached hydrogens (primary N) is 1. The monoisotopic (exact) mass is 310 g/mol. The Balaban J connectivity index is 2.71. The third kappa shape index (κ3) is 3.42. The number of nitrogens with zero attached hydrogens (tertiary/aromatic N) is 1. The summed E-state index contributed by atoms with van der Waals surface area (Å²) in [6.07, 6.45) is -7.98. The average molecular weight is 311 g/mol. The maximum Gasteiger partial charge on any atom is 0.453 e. The lowest BCUT2D eigenvalue weighted by Crippen LogP contribution is -2.39. The predicted molar refractivity (Wildman–Crippen MR) is 52.8 cm³/mol. The predicted octanol–water partition coefficient (Wildman–Crippen LogP) is 2.87. The van der Waals surface area contributed by atoms with Gasteiger partial charge < -0.3 is 10.5 Å². The van der Waals surface area contributed by atoms with E-state index in [1.54, 1.807) is 0 Å². The first kappa shape index (κ1) is 14.9. The first-order valence-electron chi connectivity index (χ1n) is 4.10. The molecule has 2 N–H and O–H groups in total. The second-order valence-electron chi connectivity index (χ2n) is 2.98. The second-order valence-corrected chi connectivity index (χ2v) is 4.33. The van der Waals surface area contributed by atoms with E-state index in [-0.39, 0.29) is 10.3 Å². The van der Waals surface area contributed by atoms with Crippen molar-refractivity contribution in [3.63, 3.8) is 0 Å². The number of ether oxygens (including phenoxy) is 1. The molecule has 0 aliphatic heterocycles. The molecule has 11 heteroatoms. The lowest BCUT2D eigenvalue weighted by Gasteiger charge is -2.17. The van der Waals surface area contributed by atoms with Gasteiger partial charge in [-0.1, -0.05) is 22.9 Å². The molecule has 0 radical (unpaired) electrons. The fourth-order valence-electron chi connectivity index (χ4n) is 0.786. The zero-order chi connectivity index (χ0) is 14.1. The molecule has 0 aliphatic carbocycles. The Kier molecular flexibility index (Phi) is 4.01. The Morgan fingerprint density at radius 3 is 2.33 bits per heavy atom. The van der Waals surface area contributed by atoms with Crippen molar-refractivity contribution in [3.8, 4) is 5.06 Å². The first-order valence-corrected chi connectivity index (χ1v) is 5.29. The Hall–Kier alpha value is -1.16. The Morgan fingerprint density at radius 1 is 1.39 bits per heavy atom. The number of thiazole rings is 1. The summed E-state index contributed by atoms with van der Waals surface area (Å²) >= 11 is 5.92. The lowest BCUT2D eigenvalue weighted by atomic mass is 10.2. The van der Waals surface area contributed by atoms with E-state index in [1.165, 1.54) is 0 Å². The van der Waals surface area contributed by atoms with E-state index in [2.05, 4.69) is 9.72 Å². The van der Waals surface area contributed by atoms with Crippen LogP contribution in [0, 0.1) is 0 Å². The number of aromatic nitrogens is 1. The van der Waals surface area contributed by atoms with Gasteiger partial charge in [-0.2, -0.15) is 22.0 Å². The van der Waals surface area contributed by atoms with Crippen LogP contribution in [0.4, 0.5) is 27.1 Å². The third-order valence-electron chi connectivity index (χ3n) is 1.56. The lowest BCUT2D eigenvalue weighted by molar-refractivity contribution is -0.283. The summed E-state index contributed by atoms with van der Waals surface area (Å²) in [5, 5.41) is -0.941. The van der Waals surface area contributed by atoms with Crippen molar-refractivity contribution in [2.24, 2.45) is 0 Å². The van der Waals surface area contributed by atoms with Gasteiger partial charge >= 0.3 is 18.1 Å². The van der Waals surface area contributed by atoms with Crippen LogP contribution in [-0.4, -0.2) is 23.1 Å². The molecular formula is C7H4ClF5N2O2S. The third-order valence-corrected chi connectivity index (χ3v) is 2.69. The molecule has 1 aromatic rings. The minimum atomic E-state index is -5.83. The summed E-state index contributed by atoms with van der Waals surface area (Å²) in [5.74, 6) is -6.96. The minimum absolute atomic E-state index is 0.120. The van der Waals surface area contributed by atoms with Crippen molar-refractivity contribution < 1.29 is 31.5 Å². The fraction of sp³-hybridized carbons (Fsp3) is 0.429. The van der Waals surface area contributed by atoms with Crippen LogP contribution in [-0.2, 0) is 4.79 Å². The summed E-state index contributed by atoms with van der Waals surface area (Å²) in [6.45, 7) is 0. The molecule has 0 bridgehead atoms. The largest absolute Gasteiger partial charge is 0.453 e. The van der Waals surface area contributed by atoms with E-state index in [9.17, 15) is 26.7 Å². The molecule has 0 spiro atoms. The molecule has 0 saturated heterocycles. The molecule has 0 amide bonds. The molecule has 0 atom stereocenters. The SMILES string of the molecule is Nc1nc(Cl)c(OC(=O)CC(F)(F)C(F)(F)F)s1. The van der Waals surface area contributed by atoms with E-state index in [1.807, 2.05) is 0 Å². The van der Waals surface area contributed by atoms with Gasteiger partial charge in [-0.15, -0.1) is 0 Å². The summed E-state index contributed by atoms with van der Waals surface area (Å²) in [7, 11) is 0. The summed E-state index contributed by atoms with van der Waals surface area (Å²) in [6, 6.07) is 0. The fourth-order valence-corrected chi connectivity index (χ4v) is 1.67. The van der Waals surface area contributed by atoms with Gasteiger partial charge in [0, 0.05) is 0 Å². The van der Waals surface area contributed by atoms with Gasteiger partial charge in [0.2, 0.25) is 5.06 Å². The molecular weight excluding hydrogens is 307 g/mol. The van der Waals surface area contributed by atoms with E-state index in [0.29, 0.717) is 11.3 Å². The maximum absolute atomic E-state index is 12.5. The number of alkyl halides is 5. The maximum atomic E-state index is 12.5. The number of rotatable bonds is 3. The van der Waals surface area contributed by atoms with Crippen LogP contribution in [0.5, 0.6) is 5.06 Å². The minimum Gasteiger partial charge on any atom is -0.412 e. The molecule has 0 fully saturated rings. The smallest absolute Gasteiger partial charge is 0.412 e. The molecule has 1 rings (SSSR count). The van der Waals surface area contributed by atoms with Crippen LogP contribution in [0.15, 0.2) is 0 Å². The first-order chi connectivity index (χ1) is 8.03. The van der Waals surface area contributed by atoms with Crippen LogP contribution in [0.2, 0.25) is 5.15 Å². The number of carbonyl (C=O) groups is 1. The zero-order valence-electron chi connectivity index (χ0n) is 8.22. The van der Waals surface area contributed by atoms with Gasteiger partial charge in [0.15, 0.2) is 10.3 Å². The summed E-state index contributed by atoms with van der Waals surface area (Å²) < 4.78 is 64.6. The van der Waals surface area contributed by atoms with E-state index >= 15 is 0 Å². The van der Waals surface area contributed by atoms with Crippen molar-refractivity contribution in [1.82, 2.24) is 4.98 Å². The highest BCUT2D eigenvalue weighted by molar-refractivity contribution is 7.17. The topological polar surface area (TPSA) is 65.2 Å². The van der Waals surface area contributed by atoms with Crippen LogP contribution in [0.3, 0.4) is 0 Å². The number of nitrogen functional groups attached to an aromatic ring is 1. The van der Waals surface area contributed by atoms with Gasteiger partial charge in [-0.25, -0.2) is 4.98 Å². The van der Waals surface area contributed by atoms with Crippen LogP contribution in [0.1, 0.15) is 6.42 Å². The van der Waals surface area contributed by atoms with Crippen molar-refractivity contribution >= 4 is 34.0 Å². The highest BCUT2D eigenvalue weighted by Crippen LogP contribution is 2.39. The average Bonchev–Trinajstić information content (AvgIpc) is 2.41. The summed E-state index contributed by atoms with van der Waals surface area (Å²) in [4.78, 5) is 14.3. The van der Waals surface area contributed by atoms with Crippen LogP contribution in [0.25, 0.3) is 0 Å². The molecule has 0 aromatic carbocycles. The van der Waals surface area contributed by atoms with Crippen molar-refractivity contribution in [3.05, 3.63) is 5.15 Å². The van der Waals surface area contributed by atoms with E-state index in [0.717, 1.165) is 0 Å². The molecule has 4 nitrogen and oxygen atoms in total. The second kappa shape index (κ2) is 4.84. The Morgan fingerprint density at radius 2 is 1.94 bits per heavy atom. The van der Waals surface area contributed by atoms with Crippen LogP contribution >= 0.6 is 22.9 Å². The molecule has 0 saturated carbocycles. The molecule has 1 heterocycles. The highest BCUT2D eigenvalue weighted by atomic mass is 35.5. The molecule has 18 heavy (non-hydrogen) atoms. The van der Waals surface area contributed by atoms with Gasteiger partial charge in [0.25, 0.3) is 0 Å². The summed E-state index contributed by atoms with van der Waals surface area (Å²) in [5.41, 5.74) is 5.16. The standard InChI is InChI=1S/C7H4ClF5N2O2S/c8-3-4(18-5(14)15-3)17-2(16)1-6(9,10)7(11,12)13/h1H2,(H2,14,15). The van der Waals surface area contributed by atoms with E-state index in [4.69, 9.17) is 17.3 Å². The van der Waals surface area contributed by atoms with Gasteiger partial charge in [0.05, 0.1) is 0 Å². The number of halogens is 6. The van der Waals surface area contributed by atoms with E-state index < -0.39 is 29.6 Å². The van der Waals surface area contributed by atoms with Gasteiger partial charge in [-0.05, 0) is 0 Å². The molecule has 0 aliphatic rings. The zero-order valence-corrected chi connectivity index (χ0v) is 9.80. The van der Waals surface area contributed by atoms with Crippen molar-refractivity contribution in [2.45, 2.75) is 18.5 Å². The van der Waals surface area contributed by atoms with Gasteiger partial charge in [-0.3, -0.25) is 4.79 Å². The number of anilines is 1. The molecule has 1 aromatic heterocycles. The number of hydrogen-bond donors (Lipinski definition) is 1. The number of hydrogen-bond acceptors (Lipinski definition) is 5. The normalized spacial score (nSPS) is 12.6. The Bertz CT molecular complexity index is 461. The quantitative estimate of drug-likeness (QED) is 0.688. The molecule has 102 valence electrons. The van der Waals surface area contributed by atoms with Crippen LogP contribution < -0.4 is 10.5 Å². The highest BCUT2D eigenvalue weighted by Gasteiger charge is 2.58. The van der Waals surface area contributed by atoms with Gasteiger partial charge in [0.1, 0.15) is 6.42 Å². The number of carbonyl (C=O) groups excluding carboxylic acids is 1. The molecule has 0 unspecified atom stereocenters. The van der Waals surface area contributed by atoms with Crippen molar-refractivity contribution in [1.29, 1.82) is 0 Å². The Labute approximate surface area is 105 Å². The number of esters is 1. The van der Waals surface area contributed by atoms with Crippen molar-refractivity contribution in [2.75, 3.05) is 5.73 Å².